The molecule has 1 aromatic carbocycles. The Morgan fingerprint density at radius 1 is 1.42 bits per heavy atom. The molecule has 0 aromatic heterocycles. The van der Waals surface area contributed by atoms with E-state index in [4.69, 9.17) is 21.4 Å². The average Bonchev–Trinajstić information content (AvgIpc) is 3.22. The molecule has 0 saturated heterocycles. The van der Waals surface area contributed by atoms with Gasteiger partial charge in [-0.1, -0.05) is 23.7 Å². The number of aliphatic hydroxyl groups is 1. The van der Waals surface area contributed by atoms with Crippen LogP contribution < -0.4 is 4.74 Å². The fourth-order valence-corrected chi connectivity index (χ4v) is 2.15. The van der Waals surface area contributed by atoms with Crippen molar-refractivity contribution >= 4 is 17.5 Å². The molecule has 1 aromatic rings. The van der Waals surface area contributed by atoms with Crippen molar-refractivity contribution in [1.82, 2.24) is 4.90 Å². The zero-order valence-electron chi connectivity index (χ0n) is 10.7. The average molecular weight is 284 g/mol. The summed E-state index contributed by atoms with van der Waals surface area (Å²) in [5, 5.41) is 9.51. The van der Waals surface area contributed by atoms with Crippen molar-refractivity contribution in [1.29, 1.82) is 0 Å². The fourth-order valence-electron chi connectivity index (χ4n) is 1.96. The Labute approximate surface area is 117 Å². The third-order valence-electron chi connectivity index (χ3n) is 3.06. The number of amides is 1. The molecule has 0 aliphatic heterocycles. The second kappa shape index (κ2) is 6.78. The van der Waals surface area contributed by atoms with Crippen LogP contribution >= 0.6 is 11.6 Å². The highest BCUT2D eigenvalue weighted by molar-refractivity contribution is 6.32. The molecule has 0 bridgehead atoms. The number of rotatable bonds is 7. The molecule has 2 rings (SSSR count). The lowest BCUT2D eigenvalue weighted by atomic mass is 10.3. The van der Waals surface area contributed by atoms with Gasteiger partial charge in [0.25, 0.3) is 0 Å². The first-order valence-corrected chi connectivity index (χ1v) is 6.88. The van der Waals surface area contributed by atoms with E-state index in [1.807, 2.05) is 12.1 Å². The second-order valence-electron chi connectivity index (χ2n) is 4.57. The predicted octanol–water partition coefficient (Wildman–Crippen LogP) is 2.09. The number of nitrogens with zero attached hydrogens (tertiary/aromatic N) is 1. The third-order valence-corrected chi connectivity index (χ3v) is 3.37. The number of hydrogen-bond donors (Lipinski definition) is 1. The van der Waals surface area contributed by atoms with E-state index in [1.165, 1.54) is 0 Å². The quantitative estimate of drug-likeness (QED) is 0.834. The first-order valence-electron chi connectivity index (χ1n) is 6.50. The van der Waals surface area contributed by atoms with Crippen molar-refractivity contribution in [3.8, 4) is 5.75 Å². The minimum atomic E-state index is 0.00755. The molecule has 0 heterocycles. The summed E-state index contributed by atoms with van der Waals surface area (Å²) in [6, 6.07) is 7.52. The van der Waals surface area contributed by atoms with Crippen molar-refractivity contribution in [2.75, 3.05) is 19.8 Å². The van der Waals surface area contributed by atoms with E-state index in [0.717, 1.165) is 12.8 Å². The van der Waals surface area contributed by atoms with Gasteiger partial charge in [0.05, 0.1) is 24.7 Å². The SMILES string of the molecule is O=C(CCOc1ccccc1Cl)N(CCO)C1CC1. The predicted molar refractivity (Wildman–Crippen MR) is 73.4 cm³/mol. The third kappa shape index (κ3) is 4.11. The maximum Gasteiger partial charge on any atom is 0.226 e. The summed E-state index contributed by atoms with van der Waals surface area (Å²) in [6.07, 6.45) is 2.38. The summed E-state index contributed by atoms with van der Waals surface area (Å²) >= 11 is 5.96. The molecule has 5 heteroatoms. The van der Waals surface area contributed by atoms with E-state index in [-0.39, 0.29) is 12.5 Å². The normalized spacial score (nSPS) is 14.2. The number of aliphatic hydroxyl groups excluding tert-OH is 1. The Kier molecular flexibility index (Phi) is 5.05. The van der Waals surface area contributed by atoms with Gasteiger partial charge in [0, 0.05) is 12.6 Å². The van der Waals surface area contributed by atoms with Crippen LogP contribution in [0.1, 0.15) is 19.3 Å². The minimum Gasteiger partial charge on any atom is -0.491 e. The van der Waals surface area contributed by atoms with Crippen LogP contribution in [0.3, 0.4) is 0 Å². The highest BCUT2D eigenvalue weighted by Gasteiger charge is 2.31. The first kappa shape index (κ1) is 14.2. The van der Waals surface area contributed by atoms with Crippen LogP contribution in [0.25, 0.3) is 0 Å². The molecule has 1 saturated carbocycles. The van der Waals surface area contributed by atoms with Gasteiger partial charge in [0.2, 0.25) is 5.91 Å². The topological polar surface area (TPSA) is 49.8 Å². The van der Waals surface area contributed by atoms with Gasteiger partial charge in [0.1, 0.15) is 5.75 Å². The number of ether oxygens (including phenoxy) is 1. The minimum absolute atomic E-state index is 0.00755. The van der Waals surface area contributed by atoms with Crippen molar-refractivity contribution in [2.24, 2.45) is 0 Å². The molecular formula is C14H18ClNO3. The lowest BCUT2D eigenvalue weighted by Gasteiger charge is -2.21. The smallest absolute Gasteiger partial charge is 0.226 e. The maximum absolute atomic E-state index is 12.0. The number of hydrogen-bond acceptors (Lipinski definition) is 3. The molecule has 4 nitrogen and oxygen atoms in total. The lowest BCUT2D eigenvalue weighted by molar-refractivity contribution is -0.132. The summed E-state index contributed by atoms with van der Waals surface area (Å²) < 4.78 is 5.49. The molecule has 19 heavy (non-hydrogen) atoms. The Morgan fingerprint density at radius 3 is 2.79 bits per heavy atom. The van der Waals surface area contributed by atoms with Crippen LogP contribution in [-0.4, -0.2) is 41.7 Å². The molecule has 0 atom stereocenters. The highest BCUT2D eigenvalue weighted by atomic mass is 35.5. The largest absolute Gasteiger partial charge is 0.491 e. The number of para-hydroxylation sites is 1. The molecule has 1 aliphatic carbocycles. The van der Waals surface area contributed by atoms with E-state index in [1.54, 1.807) is 17.0 Å². The zero-order valence-corrected chi connectivity index (χ0v) is 11.5. The van der Waals surface area contributed by atoms with E-state index in [2.05, 4.69) is 0 Å². The van der Waals surface area contributed by atoms with Crippen molar-refractivity contribution in [2.45, 2.75) is 25.3 Å². The van der Waals surface area contributed by atoms with Crippen molar-refractivity contribution in [3.05, 3.63) is 29.3 Å². The van der Waals surface area contributed by atoms with E-state index >= 15 is 0 Å². The molecule has 0 radical (unpaired) electrons. The van der Waals surface area contributed by atoms with Gasteiger partial charge < -0.3 is 14.7 Å². The van der Waals surface area contributed by atoms with Crippen molar-refractivity contribution in [3.63, 3.8) is 0 Å². The van der Waals surface area contributed by atoms with Gasteiger partial charge in [-0.05, 0) is 25.0 Å². The number of benzene rings is 1. The molecule has 1 amide bonds. The summed E-state index contributed by atoms with van der Waals surface area (Å²) in [6.45, 7) is 0.723. The van der Waals surface area contributed by atoms with E-state index < -0.39 is 0 Å². The summed E-state index contributed by atoms with van der Waals surface area (Å²) in [4.78, 5) is 13.7. The zero-order chi connectivity index (χ0) is 13.7. The molecule has 1 N–H and O–H groups in total. The summed E-state index contributed by atoms with van der Waals surface area (Å²) in [5.41, 5.74) is 0. The Morgan fingerprint density at radius 2 is 2.16 bits per heavy atom. The van der Waals surface area contributed by atoms with Gasteiger partial charge in [-0.25, -0.2) is 0 Å². The van der Waals surface area contributed by atoms with Crippen LogP contribution in [0.2, 0.25) is 5.02 Å². The van der Waals surface area contributed by atoms with Crippen LogP contribution in [-0.2, 0) is 4.79 Å². The van der Waals surface area contributed by atoms with Crippen LogP contribution in [0.5, 0.6) is 5.75 Å². The molecule has 1 aliphatic rings. The van der Waals surface area contributed by atoms with Gasteiger partial charge in [0.15, 0.2) is 0 Å². The molecule has 1 fully saturated rings. The highest BCUT2D eigenvalue weighted by Crippen LogP contribution is 2.27. The number of halogens is 1. The summed E-state index contributed by atoms with van der Waals surface area (Å²) in [5.74, 6) is 0.626. The first-order chi connectivity index (χ1) is 9.22. The molecular weight excluding hydrogens is 266 g/mol. The van der Waals surface area contributed by atoms with Crippen LogP contribution in [0.15, 0.2) is 24.3 Å². The maximum atomic E-state index is 12.0. The second-order valence-corrected chi connectivity index (χ2v) is 4.98. The fraction of sp³-hybridized carbons (Fsp3) is 0.500. The molecule has 0 unspecified atom stereocenters. The van der Waals surface area contributed by atoms with Crippen LogP contribution in [0, 0.1) is 0 Å². The van der Waals surface area contributed by atoms with E-state index in [9.17, 15) is 4.79 Å². The van der Waals surface area contributed by atoms with Gasteiger partial charge in [-0.2, -0.15) is 0 Å². The van der Waals surface area contributed by atoms with Gasteiger partial charge in [-0.3, -0.25) is 4.79 Å². The summed E-state index contributed by atoms with van der Waals surface area (Å²) in [7, 11) is 0. The van der Waals surface area contributed by atoms with Gasteiger partial charge >= 0.3 is 0 Å². The van der Waals surface area contributed by atoms with E-state index in [0.29, 0.717) is 36.4 Å². The Balaban J connectivity index is 1.78. The molecule has 0 spiro atoms. The lowest BCUT2D eigenvalue weighted by Crippen LogP contribution is -2.36. The van der Waals surface area contributed by atoms with Crippen LogP contribution in [0.4, 0.5) is 0 Å². The van der Waals surface area contributed by atoms with Gasteiger partial charge in [-0.15, -0.1) is 0 Å². The standard InChI is InChI=1S/C14H18ClNO3/c15-12-3-1-2-4-13(12)19-10-7-14(18)16(8-9-17)11-5-6-11/h1-4,11,17H,5-10H2. The number of carbonyl (C=O) groups excluding carboxylic acids is 1. The van der Waals surface area contributed by atoms with Crippen molar-refractivity contribution < 1.29 is 14.6 Å². The molecule has 104 valence electrons. The number of carbonyl (C=O) groups is 1. The Hall–Kier alpha value is -1.26. The Bertz CT molecular complexity index is 434. The monoisotopic (exact) mass is 283 g/mol.